The number of hydrogen-bond acceptors (Lipinski definition) is 4. The molecule has 1 atom stereocenters. The van der Waals surface area contributed by atoms with Gasteiger partial charge in [-0.1, -0.05) is 13.3 Å². The molecule has 2 heterocycles. The van der Waals surface area contributed by atoms with Crippen molar-refractivity contribution in [2.45, 2.75) is 52.1 Å². The molecule has 154 valence electrons. The first kappa shape index (κ1) is 20.6. The topological polar surface area (TPSA) is 55.9 Å². The number of carbonyl (C=O) groups is 2. The Morgan fingerprint density at radius 1 is 1.11 bits per heavy atom. The molecule has 1 aromatic carbocycles. The normalized spacial score (nSPS) is 23.8. The molecule has 0 aromatic heterocycles. The lowest BCUT2D eigenvalue weighted by molar-refractivity contribution is -0.134. The number of anilines is 1. The lowest BCUT2D eigenvalue weighted by atomic mass is 9.90. The molecule has 2 saturated heterocycles. The Labute approximate surface area is 168 Å². The van der Waals surface area contributed by atoms with Gasteiger partial charge in [0.15, 0.2) is 0 Å². The number of rotatable bonds is 5. The van der Waals surface area contributed by atoms with Crippen molar-refractivity contribution < 1.29 is 9.59 Å². The number of carbonyl (C=O) groups excluding carboxylic acids is 2. The summed E-state index contributed by atoms with van der Waals surface area (Å²) in [6, 6.07) is 8.48. The van der Waals surface area contributed by atoms with Gasteiger partial charge in [-0.25, -0.2) is 0 Å². The average Bonchev–Trinajstić information content (AvgIpc) is 2.70. The number of nitrogens with one attached hydrogen (secondary N) is 1. The van der Waals surface area contributed by atoms with Crippen LogP contribution in [-0.2, 0) is 4.79 Å². The number of amides is 2. The Hall–Kier alpha value is -2.08. The minimum absolute atomic E-state index is 0.0476. The van der Waals surface area contributed by atoms with E-state index in [0.29, 0.717) is 31.1 Å². The molecule has 28 heavy (non-hydrogen) atoms. The molecule has 2 aliphatic rings. The molecule has 0 radical (unpaired) electrons. The molecule has 0 spiro atoms. The van der Waals surface area contributed by atoms with E-state index >= 15 is 0 Å². The van der Waals surface area contributed by atoms with Gasteiger partial charge in [0.2, 0.25) is 5.91 Å². The molecule has 0 saturated carbocycles. The lowest BCUT2D eigenvalue weighted by Crippen LogP contribution is -2.64. The third kappa shape index (κ3) is 4.02. The van der Waals surface area contributed by atoms with Crippen LogP contribution in [0.1, 0.15) is 50.9 Å². The van der Waals surface area contributed by atoms with Crippen molar-refractivity contribution in [3.63, 3.8) is 0 Å². The number of nitrogens with zero attached hydrogens (tertiary/aromatic N) is 3. The van der Waals surface area contributed by atoms with E-state index in [2.05, 4.69) is 29.0 Å². The van der Waals surface area contributed by atoms with Crippen molar-refractivity contribution in [1.82, 2.24) is 15.1 Å². The zero-order valence-electron chi connectivity index (χ0n) is 17.7. The highest BCUT2D eigenvalue weighted by Crippen LogP contribution is 2.27. The monoisotopic (exact) mass is 386 g/mol. The number of benzene rings is 1. The molecule has 1 N–H and O–H groups in total. The molecule has 0 bridgehead atoms. The van der Waals surface area contributed by atoms with Crippen LogP contribution in [0.15, 0.2) is 24.3 Å². The van der Waals surface area contributed by atoms with Crippen LogP contribution >= 0.6 is 0 Å². The highest BCUT2D eigenvalue weighted by atomic mass is 16.2. The maximum absolute atomic E-state index is 13.2. The average molecular weight is 387 g/mol. The molecule has 0 aliphatic carbocycles. The van der Waals surface area contributed by atoms with Crippen LogP contribution in [0.3, 0.4) is 0 Å². The van der Waals surface area contributed by atoms with E-state index in [-0.39, 0.29) is 11.8 Å². The highest BCUT2D eigenvalue weighted by molar-refractivity contribution is 6.00. The highest BCUT2D eigenvalue weighted by Gasteiger charge is 2.43. The van der Waals surface area contributed by atoms with Gasteiger partial charge in [0.1, 0.15) is 5.54 Å². The minimum Gasteiger partial charge on any atom is -0.369 e. The predicted octanol–water partition coefficient (Wildman–Crippen LogP) is 2.35. The van der Waals surface area contributed by atoms with Gasteiger partial charge in [-0.3, -0.25) is 14.5 Å². The van der Waals surface area contributed by atoms with E-state index in [1.165, 1.54) is 0 Å². The summed E-state index contributed by atoms with van der Waals surface area (Å²) in [7, 11) is 0. The van der Waals surface area contributed by atoms with Crippen LogP contribution < -0.4 is 10.2 Å². The predicted molar refractivity (Wildman–Crippen MR) is 113 cm³/mol. The molecule has 6 nitrogen and oxygen atoms in total. The van der Waals surface area contributed by atoms with E-state index in [1.54, 1.807) is 4.90 Å². The first-order valence-electron chi connectivity index (χ1n) is 10.6. The Morgan fingerprint density at radius 3 is 2.32 bits per heavy atom. The van der Waals surface area contributed by atoms with Crippen molar-refractivity contribution >= 4 is 17.5 Å². The summed E-state index contributed by atoms with van der Waals surface area (Å²) < 4.78 is 0. The fourth-order valence-corrected chi connectivity index (χ4v) is 4.37. The second-order valence-electron chi connectivity index (χ2n) is 8.40. The Balaban J connectivity index is 1.71. The molecule has 2 aliphatic heterocycles. The molecular weight excluding hydrogens is 352 g/mol. The van der Waals surface area contributed by atoms with Gasteiger partial charge in [-0.15, -0.1) is 0 Å². The number of piperazine rings is 2. The van der Waals surface area contributed by atoms with Crippen LogP contribution in [0.4, 0.5) is 5.69 Å². The first-order chi connectivity index (χ1) is 13.4. The van der Waals surface area contributed by atoms with Crippen LogP contribution in [0, 0.1) is 0 Å². The quantitative estimate of drug-likeness (QED) is 0.844. The molecule has 1 aromatic rings. The molecule has 6 heteroatoms. The summed E-state index contributed by atoms with van der Waals surface area (Å²) >= 11 is 0. The molecule has 3 rings (SSSR count). The lowest BCUT2D eigenvalue weighted by Gasteiger charge is -2.43. The summed E-state index contributed by atoms with van der Waals surface area (Å²) in [5.74, 6) is -0.101. The third-order valence-corrected chi connectivity index (χ3v) is 6.21. The summed E-state index contributed by atoms with van der Waals surface area (Å²) in [6.45, 7) is 13.6. The van der Waals surface area contributed by atoms with E-state index in [9.17, 15) is 9.59 Å². The van der Waals surface area contributed by atoms with Crippen molar-refractivity contribution in [2.75, 3.05) is 44.2 Å². The van der Waals surface area contributed by atoms with E-state index in [0.717, 1.165) is 38.3 Å². The van der Waals surface area contributed by atoms with E-state index in [1.807, 2.05) is 38.1 Å². The van der Waals surface area contributed by atoms with Crippen LogP contribution in [0.2, 0.25) is 0 Å². The van der Waals surface area contributed by atoms with Crippen molar-refractivity contribution in [2.24, 2.45) is 0 Å². The molecule has 2 amide bonds. The first-order valence-corrected chi connectivity index (χ1v) is 10.6. The standard InChI is InChI=1S/C22H34N4O2/c1-5-10-22(4)21(28)23-11-12-26(22)20(27)18-6-8-19(9-7-18)25-15-13-24(14-16-25)17(2)3/h6-9,17H,5,10-16H2,1-4H3,(H,23,28)/t22-/m1/s1. The van der Waals surface area contributed by atoms with Gasteiger partial charge in [0.25, 0.3) is 5.91 Å². The largest absolute Gasteiger partial charge is 0.369 e. The van der Waals surface area contributed by atoms with E-state index in [4.69, 9.17) is 0 Å². The summed E-state index contributed by atoms with van der Waals surface area (Å²) in [5, 5.41) is 2.91. The van der Waals surface area contributed by atoms with Crippen molar-refractivity contribution in [3.05, 3.63) is 29.8 Å². The maximum atomic E-state index is 13.2. The Morgan fingerprint density at radius 2 is 1.75 bits per heavy atom. The zero-order chi connectivity index (χ0) is 20.3. The fraction of sp³-hybridized carbons (Fsp3) is 0.636. The van der Waals surface area contributed by atoms with Crippen LogP contribution in [0.5, 0.6) is 0 Å². The maximum Gasteiger partial charge on any atom is 0.254 e. The molecular formula is C22H34N4O2. The van der Waals surface area contributed by atoms with Gasteiger partial charge in [-0.2, -0.15) is 0 Å². The summed E-state index contributed by atoms with van der Waals surface area (Å²) in [4.78, 5) is 32.3. The zero-order valence-corrected chi connectivity index (χ0v) is 17.7. The van der Waals surface area contributed by atoms with Gasteiger partial charge in [0, 0.05) is 56.6 Å². The van der Waals surface area contributed by atoms with Crippen LogP contribution in [0.25, 0.3) is 0 Å². The fourth-order valence-electron chi connectivity index (χ4n) is 4.37. The number of hydrogen-bond donors (Lipinski definition) is 1. The molecule has 2 fully saturated rings. The van der Waals surface area contributed by atoms with E-state index < -0.39 is 5.54 Å². The van der Waals surface area contributed by atoms with Crippen LogP contribution in [-0.4, -0.2) is 72.5 Å². The second-order valence-corrected chi connectivity index (χ2v) is 8.40. The summed E-state index contributed by atoms with van der Waals surface area (Å²) in [6.07, 6.45) is 1.53. The SMILES string of the molecule is CCC[C@]1(C)C(=O)NCCN1C(=O)c1ccc(N2CCN(C(C)C)CC2)cc1. The Kier molecular flexibility index (Phi) is 6.28. The molecule has 0 unspecified atom stereocenters. The minimum atomic E-state index is -0.768. The van der Waals surface area contributed by atoms with Gasteiger partial charge < -0.3 is 15.1 Å². The Bertz CT molecular complexity index is 695. The van der Waals surface area contributed by atoms with Gasteiger partial charge in [0.05, 0.1) is 0 Å². The van der Waals surface area contributed by atoms with Crippen molar-refractivity contribution in [3.8, 4) is 0 Å². The van der Waals surface area contributed by atoms with Crippen molar-refractivity contribution in [1.29, 1.82) is 0 Å². The third-order valence-electron chi connectivity index (χ3n) is 6.21. The smallest absolute Gasteiger partial charge is 0.254 e. The second kappa shape index (κ2) is 8.52. The van der Waals surface area contributed by atoms with Gasteiger partial charge >= 0.3 is 0 Å². The van der Waals surface area contributed by atoms with Gasteiger partial charge in [-0.05, 0) is 51.5 Å². The summed E-state index contributed by atoms with van der Waals surface area (Å²) in [5.41, 5.74) is 1.05.